The lowest BCUT2D eigenvalue weighted by molar-refractivity contribution is 0.174. The van der Waals surface area contributed by atoms with Crippen LogP contribution in [0.4, 0.5) is 0 Å². The molecular weight excluding hydrogens is 454 g/mol. The number of thiophene rings is 1. The number of rotatable bonds is 6. The van der Waals surface area contributed by atoms with Crippen LogP contribution in [0.15, 0.2) is 70.8 Å². The van der Waals surface area contributed by atoms with Crippen molar-refractivity contribution in [3.05, 3.63) is 92.4 Å². The summed E-state index contributed by atoms with van der Waals surface area (Å²) in [5.74, 6) is 1.33. The van der Waals surface area contributed by atoms with Crippen LogP contribution < -0.4 is 20.3 Å². The monoisotopic (exact) mass is 477 g/mol. The van der Waals surface area contributed by atoms with Crippen molar-refractivity contribution in [1.82, 2.24) is 15.2 Å². The maximum Gasteiger partial charge on any atom is 0.253 e. The Balaban J connectivity index is 1.42. The summed E-state index contributed by atoms with van der Waals surface area (Å²) < 4.78 is 10.9. The minimum atomic E-state index is -0.142. The predicted octanol–water partition coefficient (Wildman–Crippen LogP) is 4.96. The van der Waals surface area contributed by atoms with Gasteiger partial charge in [-0.25, -0.2) is 0 Å². The summed E-state index contributed by atoms with van der Waals surface area (Å²) >= 11 is 7.47. The summed E-state index contributed by atoms with van der Waals surface area (Å²) in [7, 11) is 0. The van der Waals surface area contributed by atoms with Gasteiger partial charge >= 0.3 is 0 Å². The Labute approximate surface area is 200 Å². The van der Waals surface area contributed by atoms with Gasteiger partial charge < -0.3 is 24.7 Å². The molecule has 3 heterocycles. The van der Waals surface area contributed by atoms with Gasteiger partial charge in [0.1, 0.15) is 0 Å². The van der Waals surface area contributed by atoms with E-state index in [-0.39, 0.29) is 18.4 Å². The SMILES string of the molecule is CC(NC(=S)N(Cc1cccs1)Cc1cc2cc3c(cc2[nH]c1=O)OCO3)c1ccccc1. The fourth-order valence-electron chi connectivity index (χ4n) is 3.86. The average Bonchev–Trinajstić information content (AvgIpc) is 3.50. The number of pyridine rings is 1. The molecule has 5 rings (SSSR count). The van der Waals surface area contributed by atoms with Crippen molar-refractivity contribution in [2.75, 3.05) is 6.79 Å². The van der Waals surface area contributed by atoms with E-state index in [1.54, 1.807) is 17.4 Å². The largest absolute Gasteiger partial charge is 0.454 e. The van der Waals surface area contributed by atoms with Crippen LogP contribution in [-0.2, 0) is 13.1 Å². The Morgan fingerprint density at radius 2 is 1.91 bits per heavy atom. The van der Waals surface area contributed by atoms with E-state index in [9.17, 15) is 4.79 Å². The van der Waals surface area contributed by atoms with E-state index in [0.29, 0.717) is 35.3 Å². The Kier molecular flexibility index (Phi) is 6.02. The third kappa shape index (κ3) is 4.72. The van der Waals surface area contributed by atoms with Gasteiger partial charge in [-0.05, 0) is 48.3 Å². The molecule has 0 amide bonds. The van der Waals surface area contributed by atoms with Crippen LogP contribution >= 0.6 is 23.6 Å². The van der Waals surface area contributed by atoms with Crippen molar-refractivity contribution in [1.29, 1.82) is 0 Å². The van der Waals surface area contributed by atoms with Crippen LogP contribution in [0.5, 0.6) is 11.5 Å². The number of H-pyrrole nitrogens is 1. The highest BCUT2D eigenvalue weighted by Gasteiger charge is 2.19. The smallest absolute Gasteiger partial charge is 0.253 e. The van der Waals surface area contributed by atoms with Gasteiger partial charge in [-0.1, -0.05) is 36.4 Å². The molecule has 1 unspecified atom stereocenters. The second-order valence-corrected chi connectivity index (χ2v) is 9.35. The first kappa shape index (κ1) is 21.5. The molecular formula is C25H23N3O3S2. The van der Waals surface area contributed by atoms with Gasteiger partial charge in [-0.15, -0.1) is 11.3 Å². The summed E-state index contributed by atoms with van der Waals surface area (Å²) in [5.41, 5.74) is 2.36. The van der Waals surface area contributed by atoms with Gasteiger partial charge in [0.05, 0.1) is 24.6 Å². The molecule has 1 aliphatic rings. The molecule has 0 bridgehead atoms. The van der Waals surface area contributed by atoms with Gasteiger partial charge in [-0.2, -0.15) is 0 Å². The molecule has 33 heavy (non-hydrogen) atoms. The van der Waals surface area contributed by atoms with E-state index in [1.807, 2.05) is 46.7 Å². The summed E-state index contributed by atoms with van der Waals surface area (Å²) in [4.78, 5) is 19.1. The molecule has 8 heteroatoms. The highest BCUT2D eigenvalue weighted by atomic mass is 32.1. The molecule has 4 aromatic rings. The van der Waals surface area contributed by atoms with Crippen LogP contribution in [0.25, 0.3) is 10.9 Å². The topological polar surface area (TPSA) is 66.6 Å². The van der Waals surface area contributed by atoms with E-state index in [1.165, 1.54) is 4.88 Å². The van der Waals surface area contributed by atoms with Crippen LogP contribution in [-0.4, -0.2) is 21.8 Å². The lowest BCUT2D eigenvalue weighted by Gasteiger charge is -2.28. The molecule has 0 saturated carbocycles. The lowest BCUT2D eigenvalue weighted by Crippen LogP contribution is -2.40. The Morgan fingerprint density at radius 1 is 1.12 bits per heavy atom. The summed E-state index contributed by atoms with van der Waals surface area (Å²) in [6, 6.07) is 19.9. The molecule has 0 spiro atoms. The quantitative estimate of drug-likeness (QED) is 0.383. The number of hydrogen-bond acceptors (Lipinski definition) is 5. The van der Waals surface area contributed by atoms with Crippen molar-refractivity contribution in [2.45, 2.75) is 26.1 Å². The first-order valence-corrected chi connectivity index (χ1v) is 11.9. The van der Waals surface area contributed by atoms with Crippen molar-refractivity contribution in [3.8, 4) is 11.5 Å². The number of fused-ring (bicyclic) bond motifs is 2. The molecule has 6 nitrogen and oxygen atoms in total. The molecule has 2 aromatic carbocycles. The van der Waals surface area contributed by atoms with Gasteiger partial charge in [0.15, 0.2) is 16.6 Å². The number of benzene rings is 2. The minimum Gasteiger partial charge on any atom is -0.454 e. The van der Waals surface area contributed by atoms with Crippen LogP contribution in [0, 0.1) is 0 Å². The lowest BCUT2D eigenvalue weighted by atomic mass is 10.1. The van der Waals surface area contributed by atoms with Crippen LogP contribution in [0.3, 0.4) is 0 Å². The number of nitrogens with one attached hydrogen (secondary N) is 2. The molecule has 2 aromatic heterocycles. The summed E-state index contributed by atoms with van der Waals surface area (Å²) in [6.07, 6.45) is 0. The third-order valence-corrected chi connectivity index (χ3v) is 6.87. The van der Waals surface area contributed by atoms with E-state index < -0.39 is 0 Å². The molecule has 0 fully saturated rings. The molecule has 0 radical (unpaired) electrons. The molecule has 2 N–H and O–H groups in total. The van der Waals surface area contributed by atoms with E-state index in [2.05, 4.69) is 35.4 Å². The number of hydrogen-bond donors (Lipinski definition) is 2. The van der Waals surface area contributed by atoms with Crippen molar-refractivity contribution in [2.24, 2.45) is 0 Å². The van der Waals surface area contributed by atoms with Crippen molar-refractivity contribution < 1.29 is 9.47 Å². The van der Waals surface area contributed by atoms with Crippen molar-refractivity contribution >= 4 is 39.6 Å². The molecule has 168 valence electrons. The van der Waals surface area contributed by atoms with Gasteiger partial charge in [0.25, 0.3) is 5.56 Å². The van der Waals surface area contributed by atoms with Gasteiger partial charge in [0, 0.05) is 21.9 Å². The predicted molar refractivity (Wildman–Crippen MR) is 135 cm³/mol. The second kappa shape index (κ2) is 9.25. The number of aromatic nitrogens is 1. The van der Waals surface area contributed by atoms with Gasteiger partial charge in [0.2, 0.25) is 6.79 Å². The Morgan fingerprint density at radius 3 is 2.67 bits per heavy atom. The van der Waals surface area contributed by atoms with E-state index >= 15 is 0 Å². The molecule has 1 aliphatic heterocycles. The van der Waals surface area contributed by atoms with Gasteiger partial charge in [-0.3, -0.25) is 4.79 Å². The van der Waals surface area contributed by atoms with E-state index in [4.69, 9.17) is 21.7 Å². The molecule has 0 saturated heterocycles. The normalized spacial score (nSPS) is 13.1. The fourth-order valence-corrected chi connectivity index (χ4v) is 4.88. The maximum atomic E-state index is 12.9. The zero-order valence-corrected chi connectivity index (χ0v) is 19.7. The van der Waals surface area contributed by atoms with Crippen LogP contribution in [0.1, 0.15) is 29.0 Å². The third-order valence-electron chi connectivity index (χ3n) is 5.63. The standard InChI is InChI=1S/C25H23N3O3S2/c1-16(17-6-3-2-4-7-17)26-25(32)28(14-20-8-5-9-33-20)13-19-10-18-11-22-23(31-15-30-22)12-21(18)27-24(19)29/h2-12,16H,13-15H2,1H3,(H,26,32)(H,27,29). The zero-order chi connectivity index (χ0) is 22.8. The number of thiocarbonyl (C=S) groups is 1. The van der Waals surface area contributed by atoms with Crippen LogP contribution in [0.2, 0.25) is 0 Å². The number of aromatic amines is 1. The Bertz CT molecular complexity index is 1340. The first-order chi connectivity index (χ1) is 16.1. The maximum absolute atomic E-state index is 12.9. The summed E-state index contributed by atoms with van der Waals surface area (Å²) in [6.45, 7) is 3.27. The Hall–Kier alpha value is -3.36. The summed E-state index contributed by atoms with van der Waals surface area (Å²) in [5, 5.41) is 6.97. The zero-order valence-electron chi connectivity index (χ0n) is 18.0. The fraction of sp³-hybridized carbons (Fsp3) is 0.200. The second-order valence-electron chi connectivity index (χ2n) is 7.93. The van der Waals surface area contributed by atoms with Crippen molar-refractivity contribution in [3.63, 3.8) is 0 Å². The molecule has 1 atom stereocenters. The number of nitrogens with zero attached hydrogens (tertiary/aromatic N) is 1. The number of ether oxygens (including phenoxy) is 2. The average molecular weight is 478 g/mol. The molecule has 0 aliphatic carbocycles. The van der Waals surface area contributed by atoms with E-state index in [0.717, 1.165) is 16.5 Å². The minimum absolute atomic E-state index is 0.0409. The first-order valence-electron chi connectivity index (χ1n) is 10.6. The highest BCUT2D eigenvalue weighted by molar-refractivity contribution is 7.80. The highest BCUT2D eigenvalue weighted by Crippen LogP contribution is 2.35.